The maximum absolute atomic E-state index is 8.56. The highest BCUT2D eigenvalue weighted by molar-refractivity contribution is 7.73. The molecule has 38 heteroatoms. The SMILES string of the molecule is ClC(Cl)(Cl)C(Cl)(Cl)C(Cl)(Cl)C(Cl)(Cl)C(Cl)(Cl)C(Cl)(Cl)C(Cl)(Cl)C(Cl)(Cl)C(Cl)(Cl)C(Cl)(Cl)C(Cl)(Cl)C(Cl)(Cl)C(Cl)(Cl)C(Cl)(Cl)C(Cl)(Cl)C(Cl)(Cl)Cl.O=S([O-])O. The van der Waals surface area contributed by atoms with Crippen molar-refractivity contribution in [2.24, 2.45) is 0 Å². The molecule has 1 unspecified atom stereocenters. The van der Waals surface area contributed by atoms with Crippen molar-refractivity contribution in [3.63, 3.8) is 0 Å². The van der Waals surface area contributed by atoms with Gasteiger partial charge in [-0.05, 0) is 0 Å². The Morgan fingerprint density at radius 2 is 0.296 bits per heavy atom. The molecule has 0 amide bonds. The molecule has 0 rings (SSSR count). The quantitative estimate of drug-likeness (QED) is 0.148. The Kier molecular flexibility index (Phi) is 24.9. The number of hydrogen-bond donors (Lipinski definition) is 1. The monoisotopic (exact) mass is 1460 g/mol. The highest BCUT2D eigenvalue weighted by Crippen LogP contribution is 2.78. The van der Waals surface area contributed by atoms with Gasteiger partial charge in [0.25, 0.3) is 0 Å². The fourth-order valence-electron chi connectivity index (χ4n) is 2.72. The molecule has 0 heterocycles. The average molecular weight is 1480 g/mol. The fourth-order valence-corrected chi connectivity index (χ4v) is 13.8. The first-order chi connectivity index (χ1) is 22.5. The number of rotatable bonds is 13. The third-order valence-electron chi connectivity index (χ3n) is 5.84. The van der Waals surface area contributed by atoms with Crippen LogP contribution in [0.1, 0.15) is 0 Å². The van der Waals surface area contributed by atoms with E-state index in [2.05, 4.69) is 0 Å². The molecule has 328 valence electrons. The minimum absolute atomic E-state index is 2.84. The molecule has 54 heavy (non-hydrogen) atoms. The molecule has 0 bridgehead atoms. The first-order valence-corrected chi connectivity index (χ1v) is 24.6. The van der Waals surface area contributed by atoms with Crippen LogP contribution in [-0.4, -0.2) is 81.6 Å². The molecule has 3 nitrogen and oxygen atoms in total. The topological polar surface area (TPSA) is 60.4 Å². The van der Waals surface area contributed by atoms with Crippen LogP contribution in [-0.2, 0) is 11.4 Å². The minimum atomic E-state index is -3.62. The molecule has 0 spiro atoms. The Bertz CT molecular complexity index is 1250. The van der Waals surface area contributed by atoms with E-state index < -0.39 is 79.6 Å². The van der Waals surface area contributed by atoms with Crippen LogP contribution in [0, 0.1) is 0 Å². The second-order valence-corrected chi connectivity index (χ2v) is 32.8. The van der Waals surface area contributed by atoms with Crippen LogP contribution in [0.3, 0.4) is 0 Å². The summed E-state index contributed by atoms with van der Waals surface area (Å²) in [7, 11) is 0. The maximum Gasteiger partial charge on any atom is 0.226 e. The Morgan fingerprint density at radius 1 is 0.241 bits per heavy atom. The molecule has 0 radical (unpaired) electrons. The van der Waals surface area contributed by atoms with Crippen LogP contribution >= 0.6 is 394 Å². The zero-order valence-corrected chi connectivity index (χ0v) is 49.0. The number of halogens is 34. The zero-order valence-electron chi connectivity index (χ0n) is 22.5. The largest absolute Gasteiger partial charge is 0.750 e. The molecule has 0 aliphatic rings. The summed E-state index contributed by atoms with van der Waals surface area (Å²) in [6.07, 6.45) is 0. The summed E-state index contributed by atoms with van der Waals surface area (Å²) in [5.74, 6) is 0. The van der Waals surface area contributed by atoms with Gasteiger partial charge in [-0.15, -0.1) is 0 Å². The number of hydrogen-bond acceptors (Lipinski definition) is 2. The molecular weight excluding hydrogens is 1480 g/mol. The van der Waals surface area contributed by atoms with Gasteiger partial charge in [-0.3, -0.25) is 0 Å². The maximum atomic E-state index is 8.56. The van der Waals surface area contributed by atoms with Crippen LogP contribution in [0.4, 0.5) is 0 Å². The van der Waals surface area contributed by atoms with Gasteiger partial charge in [0, 0.05) is 0 Å². The van der Waals surface area contributed by atoms with Gasteiger partial charge in [0.2, 0.25) is 16.3 Å². The van der Waals surface area contributed by atoms with Crippen molar-refractivity contribution >= 4 is 406 Å². The van der Waals surface area contributed by atoms with E-state index in [-0.39, 0.29) is 0 Å². The van der Waals surface area contributed by atoms with Gasteiger partial charge < -0.3 is 9.11 Å². The van der Waals surface area contributed by atoms with Crippen LogP contribution < -0.4 is 0 Å². The minimum Gasteiger partial charge on any atom is -0.750 e. The van der Waals surface area contributed by atoms with Crippen molar-refractivity contribution in [2.45, 2.75) is 68.3 Å². The van der Waals surface area contributed by atoms with Gasteiger partial charge in [-0.1, -0.05) is 394 Å². The highest BCUT2D eigenvalue weighted by atomic mass is 35.6. The summed E-state index contributed by atoms with van der Waals surface area (Å²) >= 11 is 211. The van der Waals surface area contributed by atoms with E-state index in [1.807, 2.05) is 0 Å². The summed E-state index contributed by atoms with van der Waals surface area (Å²) in [6.45, 7) is 0. The van der Waals surface area contributed by atoms with E-state index in [0.29, 0.717) is 0 Å². The fraction of sp³-hybridized carbons (Fsp3) is 1.00. The molecule has 0 fully saturated rings. The summed E-state index contributed by atoms with van der Waals surface area (Å²) in [6, 6.07) is 0. The van der Waals surface area contributed by atoms with Gasteiger partial charge in [0.05, 0.1) is 11.4 Å². The molecule has 0 aromatic heterocycles. The van der Waals surface area contributed by atoms with Crippen molar-refractivity contribution in [3.05, 3.63) is 0 Å². The Labute approximate surface area is 479 Å². The molecule has 0 saturated heterocycles. The summed E-state index contributed by atoms with van der Waals surface area (Å²) in [5.41, 5.74) is 0. The van der Waals surface area contributed by atoms with E-state index in [9.17, 15) is 0 Å². The van der Waals surface area contributed by atoms with Crippen molar-refractivity contribution in [3.8, 4) is 0 Å². The lowest BCUT2D eigenvalue weighted by molar-refractivity contribution is 0.398. The van der Waals surface area contributed by atoms with Gasteiger partial charge in [-0.25, -0.2) is 4.21 Å². The third-order valence-corrected chi connectivity index (χ3v) is 29.6. The van der Waals surface area contributed by atoms with Gasteiger partial charge in [0.1, 0.15) is 0 Å². The predicted molar refractivity (Wildman–Crippen MR) is 254 cm³/mol. The lowest BCUT2D eigenvalue weighted by Gasteiger charge is -2.58. The summed E-state index contributed by atoms with van der Waals surface area (Å²) in [5, 5.41) is 0. The van der Waals surface area contributed by atoms with Gasteiger partial charge in [-0.2, -0.15) is 0 Å². The van der Waals surface area contributed by atoms with E-state index in [1.54, 1.807) is 0 Å². The Balaban J connectivity index is 0. The van der Waals surface area contributed by atoms with E-state index in [4.69, 9.17) is 408 Å². The third kappa shape index (κ3) is 10.9. The zero-order chi connectivity index (χ0) is 45.6. The molecule has 0 aliphatic carbocycles. The first-order valence-electron chi connectivity index (χ1n) is 10.7. The highest BCUT2D eigenvalue weighted by Gasteiger charge is 2.87. The summed E-state index contributed by atoms with van der Waals surface area (Å²) in [4.78, 5) is 0. The molecular formula is C16HCl34O3S-. The van der Waals surface area contributed by atoms with E-state index in [1.165, 1.54) is 0 Å². The average Bonchev–Trinajstić information content (AvgIpc) is 2.89. The molecule has 0 saturated carbocycles. The summed E-state index contributed by atoms with van der Waals surface area (Å²) < 4.78 is -29.6. The van der Waals surface area contributed by atoms with Gasteiger partial charge in [0.15, 0.2) is 52.0 Å². The van der Waals surface area contributed by atoms with Crippen molar-refractivity contribution in [1.29, 1.82) is 0 Å². The molecule has 0 aromatic carbocycles. The molecule has 1 N–H and O–H groups in total. The predicted octanol–water partition coefficient (Wildman–Crippen LogP) is 19.5. The normalized spacial score (nSPS) is 17.3. The lowest BCUT2D eigenvalue weighted by Crippen LogP contribution is -2.75. The Morgan fingerprint density at radius 3 is 0.352 bits per heavy atom. The smallest absolute Gasteiger partial charge is 0.226 e. The second-order valence-electron chi connectivity index (χ2n) is 9.25. The standard InChI is InChI=1S/C16Cl34.H2O3S/c17-1(18,3(21,22)5(25,26)7(29,30)9(33,34)11(37,38)13(41,42)15(45,46)47)2(19,20)4(23,24)6(27,28)8(31,32)10(35,36)12(39,40)14(43,44)16(48,49)50;1-4(2)3/h;(H2,1,2,3)/p-1. The van der Waals surface area contributed by atoms with Crippen molar-refractivity contribution in [1.82, 2.24) is 0 Å². The van der Waals surface area contributed by atoms with Crippen LogP contribution in [0.5, 0.6) is 0 Å². The molecule has 1 atom stereocenters. The Hall–Kier alpha value is 9.93. The molecule has 0 aromatic rings. The van der Waals surface area contributed by atoms with E-state index in [0.717, 1.165) is 0 Å². The van der Waals surface area contributed by atoms with Crippen LogP contribution in [0.25, 0.3) is 0 Å². The van der Waals surface area contributed by atoms with Gasteiger partial charge >= 0.3 is 0 Å². The lowest BCUT2D eigenvalue weighted by atomic mass is 9.97. The van der Waals surface area contributed by atoms with Crippen molar-refractivity contribution < 1.29 is 13.3 Å². The van der Waals surface area contributed by atoms with Crippen LogP contribution in [0.15, 0.2) is 0 Å². The van der Waals surface area contributed by atoms with E-state index >= 15 is 0 Å². The van der Waals surface area contributed by atoms with Crippen molar-refractivity contribution in [2.75, 3.05) is 0 Å². The molecule has 0 aliphatic heterocycles. The number of alkyl halides is 34. The second kappa shape index (κ2) is 20.3. The first kappa shape index (κ1) is 66.0. The van der Waals surface area contributed by atoms with Crippen LogP contribution in [0.2, 0.25) is 0 Å².